The van der Waals surface area contributed by atoms with Gasteiger partial charge in [0, 0.05) is 13.1 Å². The second-order valence-electron chi connectivity index (χ2n) is 4.36. The first-order valence-electron chi connectivity index (χ1n) is 6.56. The number of amides is 2. The van der Waals surface area contributed by atoms with Gasteiger partial charge in [-0.2, -0.15) is 0 Å². The molecule has 1 heterocycles. The Morgan fingerprint density at radius 1 is 1.00 bits per heavy atom. The van der Waals surface area contributed by atoms with Gasteiger partial charge in [0.1, 0.15) is 5.75 Å². The summed E-state index contributed by atoms with van der Waals surface area (Å²) in [6.07, 6.45) is 0.621. The minimum Gasteiger partial charge on any atom is -0.507 e. The Labute approximate surface area is 126 Å². The minimum absolute atomic E-state index is 0.0407. The Kier molecular flexibility index (Phi) is 5.34. The van der Waals surface area contributed by atoms with Crippen LogP contribution in [0.1, 0.15) is 26.5 Å². The van der Waals surface area contributed by atoms with Crippen molar-refractivity contribution in [2.45, 2.75) is 6.42 Å². The molecule has 2 amide bonds. The molecule has 5 nitrogen and oxygen atoms in total. The summed E-state index contributed by atoms with van der Waals surface area (Å²) in [4.78, 5) is 24.1. The van der Waals surface area contributed by atoms with Gasteiger partial charge >= 0.3 is 0 Å². The van der Waals surface area contributed by atoms with Crippen molar-refractivity contribution in [2.75, 3.05) is 13.1 Å². The van der Waals surface area contributed by atoms with Crippen LogP contribution in [0.15, 0.2) is 41.8 Å². The monoisotopic (exact) mass is 304 g/mol. The smallest absolute Gasteiger partial charge is 0.261 e. The van der Waals surface area contributed by atoms with Crippen molar-refractivity contribution >= 4 is 23.2 Å². The predicted molar refractivity (Wildman–Crippen MR) is 81.7 cm³/mol. The van der Waals surface area contributed by atoms with Crippen molar-refractivity contribution in [3.05, 3.63) is 52.2 Å². The molecule has 0 aliphatic heterocycles. The van der Waals surface area contributed by atoms with E-state index in [0.29, 0.717) is 24.4 Å². The molecule has 0 bridgehead atoms. The predicted octanol–water partition coefficient (Wildman–Crippen LogP) is 2.00. The highest BCUT2D eigenvalue weighted by Crippen LogP contribution is 2.14. The summed E-state index contributed by atoms with van der Waals surface area (Å²) in [6, 6.07) is 9.97. The Morgan fingerprint density at radius 2 is 1.71 bits per heavy atom. The van der Waals surface area contributed by atoms with Gasteiger partial charge in [-0.05, 0) is 30.0 Å². The van der Waals surface area contributed by atoms with Crippen molar-refractivity contribution in [3.8, 4) is 5.75 Å². The lowest BCUT2D eigenvalue weighted by Crippen LogP contribution is -2.29. The third kappa shape index (κ3) is 4.32. The van der Waals surface area contributed by atoms with Crippen molar-refractivity contribution in [1.29, 1.82) is 0 Å². The number of phenols is 1. The fourth-order valence-electron chi connectivity index (χ4n) is 1.75. The molecule has 0 atom stereocenters. The minimum atomic E-state index is -0.322. The number of carbonyl (C=O) groups is 2. The first-order valence-corrected chi connectivity index (χ1v) is 7.44. The lowest BCUT2D eigenvalue weighted by atomic mass is 10.2. The van der Waals surface area contributed by atoms with Gasteiger partial charge in [0.25, 0.3) is 11.8 Å². The summed E-state index contributed by atoms with van der Waals surface area (Å²) in [5, 5.41) is 16.9. The summed E-state index contributed by atoms with van der Waals surface area (Å²) in [5.41, 5.74) is 0.250. The summed E-state index contributed by atoms with van der Waals surface area (Å²) in [5.74, 6) is -0.462. The molecule has 0 aliphatic rings. The summed E-state index contributed by atoms with van der Waals surface area (Å²) in [6.45, 7) is 0.912. The number of benzene rings is 1. The Bertz CT molecular complexity index is 611. The topological polar surface area (TPSA) is 78.4 Å². The van der Waals surface area contributed by atoms with Crippen molar-refractivity contribution in [3.63, 3.8) is 0 Å². The van der Waals surface area contributed by atoms with E-state index in [2.05, 4.69) is 10.6 Å². The molecule has 0 saturated carbocycles. The lowest BCUT2D eigenvalue weighted by Gasteiger charge is -2.07. The van der Waals surface area contributed by atoms with E-state index in [4.69, 9.17) is 0 Å². The maximum absolute atomic E-state index is 11.8. The van der Waals surface area contributed by atoms with Gasteiger partial charge in [0.2, 0.25) is 0 Å². The lowest BCUT2D eigenvalue weighted by molar-refractivity contribution is 0.0950. The zero-order chi connectivity index (χ0) is 15.1. The number of hydrogen-bond acceptors (Lipinski definition) is 4. The molecule has 1 aromatic carbocycles. The van der Waals surface area contributed by atoms with Gasteiger partial charge in [-0.25, -0.2) is 0 Å². The number of thiophene rings is 1. The molecule has 0 radical (unpaired) electrons. The molecule has 1 aromatic heterocycles. The molecule has 0 fully saturated rings. The molecule has 21 heavy (non-hydrogen) atoms. The maximum Gasteiger partial charge on any atom is 0.261 e. The molecule has 0 spiro atoms. The second-order valence-corrected chi connectivity index (χ2v) is 5.31. The van der Waals surface area contributed by atoms with E-state index in [-0.39, 0.29) is 23.1 Å². The van der Waals surface area contributed by atoms with Crippen LogP contribution in [-0.4, -0.2) is 30.0 Å². The fraction of sp³-hybridized carbons (Fsp3) is 0.200. The van der Waals surface area contributed by atoms with Crippen LogP contribution in [0.3, 0.4) is 0 Å². The maximum atomic E-state index is 11.8. The van der Waals surface area contributed by atoms with Gasteiger partial charge in [-0.1, -0.05) is 18.2 Å². The van der Waals surface area contributed by atoms with E-state index >= 15 is 0 Å². The van der Waals surface area contributed by atoms with Crippen molar-refractivity contribution in [2.24, 2.45) is 0 Å². The third-order valence-corrected chi connectivity index (χ3v) is 3.69. The van der Waals surface area contributed by atoms with Crippen molar-refractivity contribution < 1.29 is 14.7 Å². The number of nitrogens with one attached hydrogen (secondary N) is 2. The highest BCUT2D eigenvalue weighted by molar-refractivity contribution is 7.12. The molecule has 6 heteroatoms. The highest BCUT2D eigenvalue weighted by Gasteiger charge is 2.09. The van der Waals surface area contributed by atoms with Crippen molar-refractivity contribution in [1.82, 2.24) is 10.6 Å². The zero-order valence-corrected chi connectivity index (χ0v) is 12.2. The van der Waals surface area contributed by atoms with Gasteiger partial charge in [-0.15, -0.1) is 11.3 Å². The number of carbonyl (C=O) groups excluding carboxylic acids is 2. The van der Waals surface area contributed by atoms with E-state index in [1.165, 1.54) is 17.4 Å². The molecule has 0 saturated heterocycles. The number of hydrogen-bond donors (Lipinski definition) is 3. The molecular formula is C15H16N2O3S. The second kappa shape index (κ2) is 7.44. The average molecular weight is 304 g/mol. The van der Waals surface area contributed by atoms with E-state index < -0.39 is 0 Å². The number of para-hydroxylation sites is 1. The third-order valence-electron chi connectivity index (χ3n) is 2.82. The molecule has 0 unspecified atom stereocenters. The Balaban J connectivity index is 1.67. The standard InChI is InChI=1S/C15H16N2O3S/c18-12-6-2-1-5-11(12)14(19)16-8-4-9-17-15(20)13-7-3-10-21-13/h1-3,5-7,10,18H,4,8-9H2,(H,16,19)(H,17,20). The molecule has 110 valence electrons. The van der Waals surface area contributed by atoms with E-state index in [9.17, 15) is 14.7 Å². The Hall–Kier alpha value is -2.34. The van der Waals surface area contributed by atoms with E-state index in [1.54, 1.807) is 24.3 Å². The van der Waals surface area contributed by atoms with Gasteiger partial charge in [0.15, 0.2) is 0 Å². The first-order chi connectivity index (χ1) is 10.2. The van der Waals surface area contributed by atoms with Crippen LogP contribution < -0.4 is 10.6 Å². The van der Waals surface area contributed by atoms with Crippen LogP contribution in [0, 0.1) is 0 Å². The van der Waals surface area contributed by atoms with Gasteiger partial charge in [-0.3, -0.25) is 9.59 Å². The normalized spacial score (nSPS) is 10.1. The summed E-state index contributed by atoms with van der Waals surface area (Å²) in [7, 11) is 0. The van der Waals surface area contributed by atoms with E-state index in [0.717, 1.165) is 0 Å². The SMILES string of the molecule is O=C(NCCCNC(=O)c1ccccc1O)c1cccs1. The van der Waals surface area contributed by atoms with Crippen LogP contribution >= 0.6 is 11.3 Å². The number of phenolic OH excluding ortho intramolecular Hbond substituents is 1. The largest absolute Gasteiger partial charge is 0.507 e. The summed E-state index contributed by atoms with van der Waals surface area (Å²) < 4.78 is 0. The fourth-order valence-corrected chi connectivity index (χ4v) is 2.39. The molecular weight excluding hydrogens is 288 g/mol. The van der Waals surface area contributed by atoms with Crippen LogP contribution in [-0.2, 0) is 0 Å². The Morgan fingerprint density at radius 3 is 2.38 bits per heavy atom. The van der Waals surface area contributed by atoms with Gasteiger partial charge < -0.3 is 15.7 Å². The van der Waals surface area contributed by atoms with Crippen LogP contribution in [0.2, 0.25) is 0 Å². The molecule has 3 N–H and O–H groups in total. The van der Waals surface area contributed by atoms with Gasteiger partial charge in [0.05, 0.1) is 10.4 Å². The first kappa shape index (κ1) is 15.1. The van der Waals surface area contributed by atoms with Crippen LogP contribution in [0.25, 0.3) is 0 Å². The van der Waals surface area contributed by atoms with Crippen LogP contribution in [0.4, 0.5) is 0 Å². The quantitative estimate of drug-likeness (QED) is 0.714. The molecule has 2 rings (SSSR count). The number of aromatic hydroxyl groups is 1. The van der Waals surface area contributed by atoms with Crippen LogP contribution in [0.5, 0.6) is 5.75 Å². The highest BCUT2D eigenvalue weighted by atomic mass is 32.1. The average Bonchev–Trinajstić information content (AvgIpc) is 3.01. The zero-order valence-electron chi connectivity index (χ0n) is 11.3. The molecule has 0 aliphatic carbocycles. The number of rotatable bonds is 6. The van der Waals surface area contributed by atoms with E-state index in [1.807, 2.05) is 11.4 Å². The molecule has 2 aromatic rings. The summed E-state index contributed by atoms with van der Waals surface area (Å²) >= 11 is 1.39.